The van der Waals surface area contributed by atoms with E-state index in [1.807, 2.05) is 0 Å². The molecule has 0 spiro atoms. The monoisotopic (exact) mass is 136 g/mol. The molecule has 2 fully saturated rings. The molecule has 0 N–H and O–H groups in total. The van der Waals surface area contributed by atoms with E-state index in [1.54, 1.807) is 25.5 Å². The summed E-state index contributed by atoms with van der Waals surface area (Å²) < 4.78 is 0. The van der Waals surface area contributed by atoms with Gasteiger partial charge in [0.1, 0.15) is 6.71 Å². The summed E-state index contributed by atoms with van der Waals surface area (Å²) >= 11 is 0. The fourth-order valence-electron chi connectivity index (χ4n) is 2.86. The molecule has 0 bridgehead atoms. The molecule has 2 rings (SSSR count). The first-order valence-electron chi connectivity index (χ1n) is 4.97. The van der Waals surface area contributed by atoms with Gasteiger partial charge in [-0.05, 0) is 0 Å². The lowest BCUT2D eigenvalue weighted by atomic mass is 9.40. The third-order valence-corrected chi connectivity index (χ3v) is 3.47. The van der Waals surface area contributed by atoms with Gasteiger partial charge in [0, 0.05) is 0 Å². The van der Waals surface area contributed by atoms with E-state index in [0.29, 0.717) is 0 Å². The summed E-state index contributed by atoms with van der Waals surface area (Å²) in [4.78, 5) is 0. The number of fused-ring (bicyclic) bond motifs is 1. The first kappa shape index (κ1) is 6.76. The van der Waals surface area contributed by atoms with Crippen LogP contribution in [-0.2, 0) is 0 Å². The van der Waals surface area contributed by atoms with E-state index in [9.17, 15) is 0 Å². The van der Waals surface area contributed by atoms with E-state index in [4.69, 9.17) is 0 Å². The van der Waals surface area contributed by atoms with E-state index in [2.05, 4.69) is 0 Å². The van der Waals surface area contributed by atoms with Crippen molar-refractivity contribution in [3.05, 3.63) is 0 Å². The van der Waals surface area contributed by atoms with Gasteiger partial charge in [-0.1, -0.05) is 57.0 Å². The summed E-state index contributed by atoms with van der Waals surface area (Å²) in [5, 5.41) is 0. The maximum Gasteiger partial charge on any atom is 0.143 e. The highest BCUT2D eigenvalue weighted by Gasteiger charge is 2.30. The van der Waals surface area contributed by atoms with Gasteiger partial charge < -0.3 is 0 Å². The summed E-state index contributed by atoms with van der Waals surface area (Å²) in [6.07, 6.45) is 12.4. The van der Waals surface area contributed by atoms with Crippen molar-refractivity contribution < 1.29 is 0 Å². The topological polar surface area (TPSA) is 0 Å². The fourth-order valence-corrected chi connectivity index (χ4v) is 2.86. The minimum atomic E-state index is 1.16. The summed E-state index contributed by atoms with van der Waals surface area (Å²) in [6.45, 7) is 1.16. The molecule has 1 unspecified atom stereocenters. The van der Waals surface area contributed by atoms with Crippen LogP contribution in [0.5, 0.6) is 0 Å². The normalized spacial score (nSPS) is 33.6. The van der Waals surface area contributed by atoms with Crippen LogP contribution in [0.25, 0.3) is 0 Å². The van der Waals surface area contributed by atoms with Crippen LogP contribution in [0.1, 0.15) is 38.5 Å². The molecule has 0 nitrogen and oxygen atoms in total. The lowest BCUT2D eigenvalue weighted by molar-refractivity contribution is 0.634. The highest BCUT2D eigenvalue weighted by Crippen LogP contribution is 2.39. The number of hydrogen-bond donors (Lipinski definition) is 0. The van der Waals surface area contributed by atoms with Gasteiger partial charge >= 0.3 is 0 Å². The Morgan fingerprint density at radius 1 is 0.800 bits per heavy atom. The lowest BCUT2D eigenvalue weighted by Crippen LogP contribution is -2.11. The van der Waals surface area contributed by atoms with Crippen LogP contribution in [0.3, 0.4) is 0 Å². The quantitative estimate of drug-likeness (QED) is 0.448. The molecule has 10 heavy (non-hydrogen) atoms. The number of hydrogen-bond acceptors (Lipinski definition) is 0. The minimum absolute atomic E-state index is 1.16. The molecule has 0 aromatic carbocycles. The highest BCUT2D eigenvalue weighted by molar-refractivity contribution is 6.61. The van der Waals surface area contributed by atoms with Crippen molar-refractivity contribution in [1.82, 2.24) is 0 Å². The smallest absolute Gasteiger partial charge is 0.0739 e. The maximum atomic E-state index is 1.56. The first-order valence-corrected chi connectivity index (χ1v) is 4.97. The van der Waals surface area contributed by atoms with Crippen molar-refractivity contribution in [1.29, 1.82) is 0 Å². The second-order valence-electron chi connectivity index (χ2n) is 4.09. The average Bonchev–Trinajstić information content (AvgIpc) is 2.28. The largest absolute Gasteiger partial charge is 0.143 e. The van der Waals surface area contributed by atoms with Crippen molar-refractivity contribution in [3.63, 3.8) is 0 Å². The van der Waals surface area contributed by atoms with Gasteiger partial charge in [0.25, 0.3) is 0 Å². The van der Waals surface area contributed by atoms with Crippen molar-refractivity contribution in [2.45, 2.75) is 57.0 Å². The fraction of sp³-hybridized carbons (Fsp3) is 1.00. The average molecular weight is 136 g/mol. The second-order valence-corrected chi connectivity index (χ2v) is 4.09. The van der Waals surface area contributed by atoms with Gasteiger partial charge in [-0.15, -0.1) is 0 Å². The molecular weight excluding hydrogens is 119 g/mol. The molecule has 0 radical (unpaired) electrons. The van der Waals surface area contributed by atoms with Crippen LogP contribution in [0.15, 0.2) is 0 Å². The standard InChI is InChI=1S/C9H17B/c1-2-5-9-6-4-8-10(9)7-3-1/h9H,1-8H2. The molecule has 2 saturated heterocycles. The summed E-state index contributed by atoms with van der Waals surface area (Å²) in [5.74, 6) is 1.16. The summed E-state index contributed by atoms with van der Waals surface area (Å²) in [6, 6.07) is 0. The Hall–Kier alpha value is 0.0649. The van der Waals surface area contributed by atoms with Crippen molar-refractivity contribution in [2.24, 2.45) is 0 Å². The van der Waals surface area contributed by atoms with Crippen molar-refractivity contribution in [3.8, 4) is 0 Å². The van der Waals surface area contributed by atoms with Crippen molar-refractivity contribution in [2.75, 3.05) is 0 Å². The SMILES string of the molecule is C1CCB2CCCC2CC1. The zero-order valence-corrected chi connectivity index (χ0v) is 6.81. The van der Waals surface area contributed by atoms with E-state index in [1.165, 1.54) is 25.7 Å². The molecule has 2 heterocycles. The van der Waals surface area contributed by atoms with Crippen LogP contribution in [0.4, 0.5) is 0 Å². The number of rotatable bonds is 0. The second kappa shape index (κ2) is 2.98. The van der Waals surface area contributed by atoms with Gasteiger partial charge in [0.05, 0.1) is 0 Å². The Morgan fingerprint density at radius 2 is 1.60 bits per heavy atom. The van der Waals surface area contributed by atoms with Crippen LogP contribution in [0, 0.1) is 0 Å². The minimum Gasteiger partial charge on any atom is -0.0739 e. The lowest BCUT2D eigenvalue weighted by Gasteiger charge is -2.10. The highest BCUT2D eigenvalue weighted by atomic mass is 14.2. The van der Waals surface area contributed by atoms with E-state index >= 15 is 0 Å². The van der Waals surface area contributed by atoms with E-state index in [-0.39, 0.29) is 0 Å². The van der Waals surface area contributed by atoms with Crippen LogP contribution >= 0.6 is 0 Å². The maximum absolute atomic E-state index is 1.56. The van der Waals surface area contributed by atoms with Crippen molar-refractivity contribution >= 4 is 6.71 Å². The zero-order chi connectivity index (χ0) is 6.81. The third kappa shape index (κ3) is 1.23. The molecule has 0 aromatic rings. The van der Waals surface area contributed by atoms with Gasteiger partial charge in [-0.25, -0.2) is 0 Å². The van der Waals surface area contributed by atoms with E-state index in [0.717, 1.165) is 12.5 Å². The summed E-state index contributed by atoms with van der Waals surface area (Å²) in [5.41, 5.74) is 0. The van der Waals surface area contributed by atoms with Crippen LogP contribution in [0.2, 0.25) is 18.5 Å². The third-order valence-electron chi connectivity index (χ3n) is 3.47. The molecule has 1 heteroatoms. The molecule has 56 valence electrons. The van der Waals surface area contributed by atoms with E-state index < -0.39 is 0 Å². The van der Waals surface area contributed by atoms with Gasteiger partial charge in [0.2, 0.25) is 0 Å². The van der Waals surface area contributed by atoms with Crippen LogP contribution in [-0.4, -0.2) is 6.71 Å². The van der Waals surface area contributed by atoms with Crippen LogP contribution < -0.4 is 0 Å². The molecular formula is C9H17B. The Morgan fingerprint density at radius 3 is 2.60 bits per heavy atom. The molecule has 2 aliphatic heterocycles. The molecule has 0 aliphatic carbocycles. The molecule has 1 atom stereocenters. The molecule has 0 saturated carbocycles. The Labute approximate surface area is 64.5 Å². The predicted octanol–water partition coefficient (Wildman–Crippen LogP) is 3.22. The van der Waals surface area contributed by atoms with Gasteiger partial charge in [-0.3, -0.25) is 0 Å². The first-order chi connectivity index (χ1) is 4.97. The van der Waals surface area contributed by atoms with Gasteiger partial charge in [-0.2, -0.15) is 0 Å². The molecule has 0 aromatic heterocycles. The zero-order valence-electron chi connectivity index (χ0n) is 6.81. The van der Waals surface area contributed by atoms with Gasteiger partial charge in [0.15, 0.2) is 0 Å². The molecule has 0 amide bonds. The Balaban J connectivity index is 1.95. The molecule has 2 aliphatic rings. The summed E-state index contributed by atoms with van der Waals surface area (Å²) in [7, 11) is 0. The predicted molar refractivity (Wildman–Crippen MR) is 46.8 cm³/mol. The Kier molecular flexibility index (Phi) is 2.01. The Bertz CT molecular complexity index is 99.3.